The third-order valence-corrected chi connectivity index (χ3v) is 5.94. The molecule has 0 aliphatic rings. The Hall–Kier alpha value is -1.94. The number of nitrogens with zero attached hydrogens (tertiary/aromatic N) is 3. The Kier molecular flexibility index (Phi) is 7.51. The molecule has 0 radical (unpaired) electrons. The van der Waals surface area contributed by atoms with Crippen LogP contribution in [0.3, 0.4) is 0 Å². The number of rotatable bonds is 7. The zero-order valence-corrected chi connectivity index (χ0v) is 19.0. The number of benzene rings is 2. The minimum Gasteiger partial charge on any atom is -0.322 e. The minimum absolute atomic E-state index is 0.0765. The molecule has 1 aromatic heterocycles. The van der Waals surface area contributed by atoms with Gasteiger partial charge in [-0.2, -0.15) is 0 Å². The van der Waals surface area contributed by atoms with Gasteiger partial charge in [-0.3, -0.25) is 9.36 Å². The van der Waals surface area contributed by atoms with Gasteiger partial charge in [0.25, 0.3) is 0 Å². The Morgan fingerprint density at radius 1 is 1.27 bits per heavy atom. The van der Waals surface area contributed by atoms with Gasteiger partial charge in [-0.15, -0.1) is 16.8 Å². The smallest absolute Gasteiger partial charge is 0.234 e. The van der Waals surface area contributed by atoms with Crippen LogP contribution in [0.25, 0.3) is 11.4 Å². The number of hydrogen-bond acceptors (Lipinski definition) is 4. The van der Waals surface area contributed by atoms with E-state index in [4.69, 9.17) is 23.2 Å². The lowest BCUT2D eigenvalue weighted by molar-refractivity contribution is -0.113. The predicted octanol–water partition coefficient (Wildman–Crippen LogP) is 6.21. The van der Waals surface area contributed by atoms with Crippen molar-refractivity contribution in [1.82, 2.24) is 14.8 Å². The molecule has 1 amide bonds. The zero-order valence-electron chi connectivity index (χ0n) is 15.1. The van der Waals surface area contributed by atoms with E-state index in [1.165, 1.54) is 0 Å². The van der Waals surface area contributed by atoms with E-state index in [-0.39, 0.29) is 15.9 Å². The van der Waals surface area contributed by atoms with Crippen LogP contribution in [0.4, 0.5) is 14.5 Å². The number of nitrogens with one attached hydrogen (secondary N) is 1. The molecule has 2 aromatic carbocycles. The topological polar surface area (TPSA) is 59.8 Å². The molecule has 0 fully saturated rings. The number of amides is 1. The van der Waals surface area contributed by atoms with Crippen LogP contribution < -0.4 is 5.32 Å². The van der Waals surface area contributed by atoms with Crippen molar-refractivity contribution in [2.45, 2.75) is 11.7 Å². The molecule has 0 bridgehead atoms. The molecule has 3 rings (SSSR count). The first-order chi connectivity index (χ1) is 14.3. The number of carbonyl (C=O) groups excluding carboxylic acids is 1. The molecule has 0 aliphatic carbocycles. The van der Waals surface area contributed by atoms with Gasteiger partial charge in [-0.1, -0.05) is 41.0 Å². The van der Waals surface area contributed by atoms with Gasteiger partial charge in [0.15, 0.2) is 16.8 Å². The summed E-state index contributed by atoms with van der Waals surface area (Å²) in [4.78, 5) is 12.3. The molecule has 1 heterocycles. The van der Waals surface area contributed by atoms with Crippen LogP contribution >= 0.6 is 50.9 Å². The second-order valence-corrected chi connectivity index (χ2v) is 8.55. The highest BCUT2D eigenvalue weighted by molar-refractivity contribution is 9.10. The molecule has 0 atom stereocenters. The highest BCUT2D eigenvalue weighted by atomic mass is 79.9. The third kappa shape index (κ3) is 5.21. The maximum absolute atomic E-state index is 13.9. The summed E-state index contributed by atoms with van der Waals surface area (Å²) in [6.45, 7) is 4.11. The zero-order chi connectivity index (χ0) is 21.8. The summed E-state index contributed by atoms with van der Waals surface area (Å²) in [6, 6.07) is 6.76. The van der Waals surface area contributed by atoms with Crippen LogP contribution in [0.15, 0.2) is 52.6 Å². The van der Waals surface area contributed by atoms with Crippen molar-refractivity contribution < 1.29 is 13.6 Å². The standard InChI is InChI=1S/C19H13BrCl2F2N4OS/c1-2-5-28-18(12-4-3-10(21)6-14(12)22)26-27-19(28)30-9-16(29)25-17-13(20)7-11(23)8-15(17)24/h2-4,6-8H,1,5,9H2,(H,25,29). The van der Waals surface area contributed by atoms with Gasteiger partial charge < -0.3 is 5.32 Å². The Morgan fingerprint density at radius 2 is 2.03 bits per heavy atom. The van der Waals surface area contributed by atoms with E-state index in [1.54, 1.807) is 28.8 Å². The molecule has 0 saturated heterocycles. The first-order valence-corrected chi connectivity index (χ1v) is 10.9. The molecule has 3 aromatic rings. The number of anilines is 1. The fraction of sp³-hybridized carbons (Fsp3) is 0.105. The molecule has 156 valence electrons. The lowest BCUT2D eigenvalue weighted by Crippen LogP contribution is -2.16. The summed E-state index contributed by atoms with van der Waals surface area (Å²) in [5, 5.41) is 12.1. The van der Waals surface area contributed by atoms with Gasteiger partial charge in [0.2, 0.25) is 5.91 Å². The van der Waals surface area contributed by atoms with Gasteiger partial charge >= 0.3 is 0 Å². The number of carbonyl (C=O) groups is 1. The second-order valence-electron chi connectivity index (χ2n) is 5.91. The molecule has 0 saturated carbocycles. The summed E-state index contributed by atoms with van der Waals surface area (Å²) in [5.41, 5.74) is 0.493. The van der Waals surface area contributed by atoms with E-state index < -0.39 is 17.5 Å². The van der Waals surface area contributed by atoms with Crippen LogP contribution in [0.5, 0.6) is 0 Å². The van der Waals surface area contributed by atoms with Crippen molar-refractivity contribution in [2.75, 3.05) is 11.1 Å². The first kappa shape index (κ1) is 22.7. The third-order valence-electron chi connectivity index (χ3n) is 3.80. The van der Waals surface area contributed by atoms with Crippen molar-refractivity contribution in [2.24, 2.45) is 0 Å². The molecule has 0 aliphatic heterocycles. The number of thioether (sulfide) groups is 1. The van der Waals surface area contributed by atoms with Gasteiger partial charge in [-0.25, -0.2) is 8.78 Å². The quantitative estimate of drug-likeness (QED) is 0.290. The molecular formula is C19H13BrCl2F2N4OS. The minimum atomic E-state index is -0.880. The van der Waals surface area contributed by atoms with E-state index in [2.05, 4.69) is 38.0 Å². The predicted molar refractivity (Wildman–Crippen MR) is 119 cm³/mol. The van der Waals surface area contributed by atoms with Crippen molar-refractivity contribution >= 4 is 62.5 Å². The summed E-state index contributed by atoms with van der Waals surface area (Å²) < 4.78 is 28.9. The summed E-state index contributed by atoms with van der Waals surface area (Å²) in [7, 11) is 0. The molecule has 30 heavy (non-hydrogen) atoms. The Labute approximate surface area is 193 Å². The SMILES string of the molecule is C=CCn1c(SCC(=O)Nc2c(F)cc(F)cc2Br)nnc1-c1ccc(Cl)cc1Cl. The lowest BCUT2D eigenvalue weighted by atomic mass is 10.2. The monoisotopic (exact) mass is 532 g/mol. The second kappa shape index (κ2) is 9.91. The van der Waals surface area contributed by atoms with Crippen LogP contribution in [0.2, 0.25) is 10.0 Å². The van der Waals surface area contributed by atoms with Crippen molar-refractivity contribution in [3.63, 3.8) is 0 Å². The summed E-state index contributed by atoms with van der Waals surface area (Å²) >= 11 is 16.4. The van der Waals surface area contributed by atoms with Gasteiger partial charge in [0.05, 0.1) is 16.5 Å². The molecular weight excluding hydrogens is 521 g/mol. The van der Waals surface area contributed by atoms with E-state index in [0.717, 1.165) is 17.8 Å². The maximum Gasteiger partial charge on any atom is 0.234 e. The van der Waals surface area contributed by atoms with Gasteiger partial charge in [-0.05, 0) is 40.2 Å². The fourth-order valence-corrected chi connectivity index (χ4v) is 4.27. The Balaban J connectivity index is 1.78. The largest absolute Gasteiger partial charge is 0.322 e. The van der Waals surface area contributed by atoms with Crippen molar-refractivity contribution in [1.29, 1.82) is 0 Å². The van der Waals surface area contributed by atoms with Crippen LogP contribution in [-0.4, -0.2) is 26.4 Å². The fourth-order valence-electron chi connectivity index (χ4n) is 2.53. The van der Waals surface area contributed by atoms with E-state index in [9.17, 15) is 13.6 Å². The van der Waals surface area contributed by atoms with Gasteiger partial charge in [0, 0.05) is 27.7 Å². The van der Waals surface area contributed by atoms with Crippen LogP contribution in [-0.2, 0) is 11.3 Å². The first-order valence-electron chi connectivity index (χ1n) is 8.37. The lowest BCUT2D eigenvalue weighted by Gasteiger charge is -2.10. The van der Waals surface area contributed by atoms with Crippen LogP contribution in [0, 0.1) is 11.6 Å². The van der Waals surface area contributed by atoms with E-state index in [1.807, 2.05) is 0 Å². The highest BCUT2D eigenvalue weighted by Crippen LogP contribution is 2.32. The highest BCUT2D eigenvalue weighted by Gasteiger charge is 2.18. The van der Waals surface area contributed by atoms with E-state index >= 15 is 0 Å². The molecule has 1 N–H and O–H groups in total. The Morgan fingerprint density at radius 3 is 2.70 bits per heavy atom. The van der Waals surface area contributed by atoms with Crippen molar-refractivity contribution in [3.8, 4) is 11.4 Å². The maximum atomic E-state index is 13.9. The number of halogens is 5. The average Bonchev–Trinajstić information content (AvgIpc) is 3.06. The normalized spacial score (nSPS) is 10.8. The summed E-state index contributed by atoms with van der Waals surface area (Å²) in [6.07, 6.45) is 1.66. The summed E-state index contributed by atoms with van der Waals surface area (Å²) in [5.74, 6) is -1.71. The van der Waals surface area contributed by atoms with Gasteiger partial charge in [0.1, 0.15) is 5.82 Å². The molecule has 0 unspecified atom stereocenters. The number of allylic oxidation sites excluding steroid dienone is 1. The Bertz CT molecular complexity index is 1100. The van der Waals surface area contributed by atoms with E-state index in [0.29, 0.717) is 39.2 Å². The molecule has 0 spiro atoms. The number of hydrogen-bond donors (Lipinski definition) is 1. The number of aromatic nitrogens is 3. The van der Waals surface area contributed by atoms with Crippen LogP contribution in [0.1, 0.15) is 0 Å². The molecule has 5 nitrogen and oxygen atoms in total. The molecule has 11 heteroatoms. The average molecular weight is 534 g/mol. The van der Waals surface area contributed by atoms with Crippen molar-refractivity contribution in [3.05, 3.63) is 69.1 Å².